The summed E-state index contributed by atoms with van der Waals surface area (Å²) in [6, 6.07) is 11.7. The molecule has 6 heteroatoms. The first-order chi connectivity index (χ1) is 12.0. The van der Waals surface area contributed by atoms with Crippen LogP contribution >= 0.6 is 11.6 Å². The molecule has 0 unspecified atom stereocenters. The zero-order valence-electron chi connectivity index (χ0n) is 13.8. The minimum absolute atomic E-state index is 0.0567. The average Bonchev–Trinajstić information content (AvgIpc) is 3.00. The normalized spacial score (nSPS) is 17.0. The molecule has 0 bridgehead atoms. The van der Waals surface area contributed by atoms with Crippen molar-refractivity contribution in [1.82, 2.24) is 0 Å². The second kappa shape index (κ2) is 7.23. The van der Waals surface area contributed by atoms with E-state index in [9.17, 15) is 14.0 Å². The number of amides is 2. The summed E-state index contributed by atoms with van der Waals surface area (Å²) >= 11 is 5.73. The van der Waals surface area contributed by atoms with E-state index in [1.54, 1.807) is 4.90 Å². The molecular weight excluding hydrogens is 343 g/mol. The molecular formula is C19H18ClFN2O2. The van der Waals surface area contributed by atoms with E-state index in [4.69, 9.17) is 11.6 Å². The molecule has 0 aliphatic carbocycles. The Kier molecular flexibility index (Phi) is 5.04. The molecule has 1 atom stereocenters. The van der Waals surface area contributed by atoms with E-state index in [0.29, 0.717) is 12.2 Å². The molecule has 1 heterocycles. The Bertz CT molecular complexity index is 825. The monoisotopic (exact) mass is 360 g/mol. The minimum atomic E-state index is -0.543. The fourth-order valence-corrected chi connectivity index (χ4v) is 3.19. The quantitative estimate of drug-likeness (QED) is 0.894. The van der Waals surface area contributed by atoms with Gasteiger partial charge < -0.3 is 10.2 Å². The second-order valence-corrected chi connectivity index (χ2v) is 6.41. The van der Waals surface area contributed by atoms with Crippen LogP contribution in [0.1, 0.15) is 18.9 Å². The number of benzene rings is 2. The van der Waals surface area contributed by atoms with Gasteiger partial charge in [0.1, 0.15) is 5.82 Å². The fourth-order valence-electron chi connectivity index (χ4n) is 3.01. The van der Waals surface area contributed by atoms with E-state index >= 15 is 0 Å². The van der Waals surface area contributed by atoms with Crippen LogP contribution in [0.3, 0.4) is 0 Å². The van der Waals surface area contributed by atoms with Crippen molar-refractivity contribution in [2.24, 2.45) is 5.92 Å². The van der Waals surface area contributed by atoms with E-state index in [2.05, 4.69) is 5.32 Å². The molecule has 25 heavy (non-hydrogen) atoms. The number of para-hydroxylation sites is 1. The van der Waals surface area contributed by atoms with Gasteiger partial charge in [0.2, 0.25) is 11.8 Å². The second-order valence-electron chi connectivity index (χ2n) is 6.01. The van der Waals surface area contributed by atoms with Crippen LogP contribution in [-0.2, 0) is 16.0 Å². The Balaban J connectivity index is 1.73. The average molecular weight is 361 g/mol. The zero-order valence-corrected chi connectivity index (χ0v) is 14.5. The lowest BCUT2D eigenvalue weighted by atomic mass is 10.1. The maximum absolute atomic E-state index is 13.2. The van der Waals surface area contributed by atoms with Gasteiger partial charge in [0.25, 0.3) is 0 Å². The molecule has 1 fully saturated rings. The molecule has 3 rings (SSSR count). The van der Waals surface area contributed by atoms with Gasteiger partial charge in [-0.15, -0.1) is 0 Å². The van der Waals surface area contributed by atoms with Crippen molar-refractivity contribution in [1.29, 1.82) is 0 Å². The van der Waals surface area contributed by atoms with Crippen LogP contribution in [0, 0.1) is 11.7 Å². The molecule has 4 nitrogen and oxygen atoms in total. The third-order valence-corrected chi connectivity index (χ3v) is 4.64. The topological polar surface area (TPSA) is 49.4 Å². The van der Waals surface area contributed by atoms with Crippen molar-refractivity contribution < 1.29 is 14.0 Å². The number of hydrogen-bond donors (Lipinski definition) is 1. The van der Waals surface area contributed by atoms with Crippen LogP contribution in [0.15, 0.2) is 42.5 Å². The summed E-state index contributed by atoms with van der Waals surface area (Å²) in [6.45, 7) is 2.36. The maximum Gasteiger partial charge on any atom is 0.229 e. The predicted molar refractivity (Wildman–Crippen MR) is 96.3 cm³/mol. The maximum atomic E-state index is 13.2. The summed E-state index contributed by atoms with van der Waals surface area (Å²) < 4.78 is 13.2. The van der Waals surface area contributed by atoms with E-state index in [0.717, 1.165) is 17.7 Å². The summed E-state index contributed by atoms with van der Waals surface area (Å²) in [7, 11) is 0. The van der Waals surface area contributed by atoms with Gasteiger partial charge in [-0.2, -0.15) is 0 Å². The summed E-state index contributed by atoms with van der Waals surface area (Å²) in [4.78, 5) is 26.5. The van der Waals surface area contributed by atoms with Gasteiger partial charge in [0.15, 0.2) is 0 Å². The van der Waals surface area contributed by atoms with E-state index in [-0.39, 0.29) is 23.3 Å². The molecule has 1 saturated heterocycles. The lowest BCUT2D eigenvalue weighted by Crippen LogP contribution is -2.28. The van der Waals surface area contributed by atoms with Crippen molar-refractivity contribution in [3.8, 4) is 0 Å². The number of nitrogens with one attached hydrogen (secondary N) is 1. The van der Waals surface area contributed by atoms with Gasteiger partial charge in [-0.1, -0.05) is 36.7 Å². The van der Waals surface area contributed by atoms with Gasteiger partial charge in [-0.3, -0.25) is 9.59 Å². The van der Waals surface area contributed by atoms with Crippen LogP contribution in [0.4, 0.5) is 15.8 Å². The van der Waals surface area contributed by atoms with Crippen molar-refractivity contribution in [2.75, 3.05) is 16.8 Å². The largest absolute Gasteiger partial charge is 0.326 e. The number of carbonyl (C=O) groups excluding carboxylic acids is 2. The van der Waals surface area contributed by atoms with Crippen molar-refractivity contribution in [3.63, 3.8) is 0 Å². The summed E-state index contributed by atoms with van der Waals surface area (Å²) in [5.41, 5.74) is 2.34. The molecule has 2 amide bonds. The van der Waals surface area contributed by atoms with Crippen LogP contribution < -0.4 is 10.2 Å². The van der Waals surface area contributed by atoms with E-state index < -0.39 is 11.7 Å². The number of carbonyl (C=O) groups is 2. The zero-order chi connectivity index (χ0) is 18.0. The van der Waals surface area contributed by atoms with Gasteiger partial charge in [-0.05, 0) is 36.2 Å². The van der Waals surface area contributed by atoms with Crippen molar-refractivity contribution >= 4 is 34.8 Å². The molecule has 0 spiro atoms. The first kappa shape index (κ1) is 17.4. The standard InChI is InChI=1S/C19H18ClFN2O2/c1-2-12-5-3-4-6-17(12)23-11-13(9-18(23)24)19(25)22-14-7-8-16(21)15(20)10-14/h3-8,10,13H,2,9,11H2,1H3,(H,22,25)/t13-/m1/s1. The Hall–Kier alpha value is -2.40. The molecule has 1 aliphatic heterocycles. The van der Waals surface area contributed by atoms with E-state index in [1.807, 2.05) is 31.2 Å². The number of nitrogens with zero attached hydrogens (tertiary/aromatic N) is 1. The highest BCUT2D eigenvalue weighted by Gasteiger charge is 2.35. The molecule has 0 aromatic heterocycles. The summed E-state index contributed by atoms with van der Waals surface area (Å²) in [6.07, 6.45) is 0.962. The van der Waals surface area contributed by atoms with Crippen molar-refractivity contribution in [3.05, 3.63) is 58.9 Å². The number of hydrogen-bond acceptors (Lipinski definition) is 2. The molecule has 1 aliphatic rings. The third kappa shape index (κ3) is 3.66. The lowest BCUT2D eigenvalue weighted by Gasteiger charge is -2.20. The smallest absolute Gasteiger partial charge is 0.229 e. The molecule has 2 aromatic rings. The van der Waals surface area contributed by atoms with Gasteiger partial charge in [0, 0.05) is 24.3 Å². The lowest BCUT2D eigenvalue weighted by molar-refractivity contribution is -0.122. The first-order valence-electron chi connectivity index (χ1n) is 8.13. The SMILES string of the molecule is CCc1ccccc1N1C[C@H](C(=O)Nc2ccc(F)c(Cl)c2)CC1=O. The molecule has 0 radical (unpaired) electrons. The summed E-state index contributed by atoms with van der Waals surface area (Å²) in [5, 5.41) is 2.65. The Morgan fingerprint density at radius 3 is 2.80 bits per heavy atom. The van der Waals surface area contributed by atoms with Crippen LogP contribution in [-0.4, -0.2) is 18.4 Å². The predicted octanol–water partition coefficient (Wildman–Crippen LogP) is 4.03. The Labute approximate surface area is 150 Å². The number of anilines is 2. The Morgan fingerprint density at radius 2 is 2.08 bits per heavy atom. The van der Waals surface area contributed by atoms with E-state index in [1.165, 1.54) is 18.2 Å². The summed E-state index contributed by atoms with van der Waals surface area (Å²) in [5.74, 6) is -1.34. The van der Waals surface area contributed by atoms with Crippen molar-refractivity contribution in [2.45, 2.75) is 19.8 Å². The highest BCUT2D eigenvalue weighted by Crippen LogP contribution is 2.29. The molecule has 130 valence electrons. The molecule has 1 N–H and O–H groups in total. The number of halogens is 2. The van der Waals surface area contributed by atoms with Gasteiger partial charge >= 0.3 is 0 Å². The van der Waals surface area contributed by atoms with Gasteiger partial charge in [0.05, 0.1) is 10.9 Å². The molecule has 0 saturated carbocycles. The van der Waals surface area contributed by atoms with Crippen LogP contribution in [0.5, 0.6) is 0 Å². The fraction of sp³-hybridized carbons (Fsp3) is 0.263. The number of aryl methyl sites for hydroxylation is 1. The first-order valence-corrected chi connectivity index (χ1v) is 8.51. The highest BCUT2D eigenvalue weighted by molar-refractivity contribution is 6.31. The highest BCUT2D eigenvalue weighted by atomic mass is 35.5. The third-order valence-electron chi connectivity index (χ3n) is 4.35. The number of rotatable bonds is 4. The molecule has 2 aromatic carbocycles. The van der Waals surface area contributed by atoms with Crippen LogP contribution in [0.25, 0.3) is 0 Å². The van der Waals surface area contributed by atoms with Crippen LogP contribution in [0.2, 0.25) is 5.02 Å². The minimum Gasteiger partial charge on any atom is -0.326 e. The van der Waals surface area contributed by atoms with Gasteiger partial charge in [-0.25, -0.2) is 4.39 Å². The Morgan fingerprint density at radius 1 is 1.32 bits per heavy atom.